The average Bonchev–Trinajstić information content (AvgIpc) is 2.51. The highest BCUT2D eigenvalue weighted by Gasteiger charge is 2.19. The van der Waals surface area contributed by atoms with E-state index in [-0.39, 0.29) is 26.1 Å². The number of ether oxygens (including phenoxy) is 2. The van der Waals surface area contributed by atoms with Crippen LogP contribution in [0.1, 0.15) is 18.4 Å². The molecule has 0 radical (unpaired) electrons. The Bertz CT molecular complexity index is 504. The molecule has 0 unspecified atom stereocenters. The van der Waals surface area contributed by atoms with Gasteiger partial charge in [-0.05, 0) is 12.0 Å². The Morgan fingerprint density at radius 3 is 2.50 bits per heavy atom. The molecule has 3 N–H and O–H groups in total. The Morgan fingerprint density at radius 1 is 1.23 bits per heavy atom. The van der Waals surface area contributed by atoms with Crippen molar-refractivity contribution in [2.45, 2.75) is 25.5 Å². The van der Waals surface area contributed by atoms with Gasteiger partial charge in [-0.3, -0.25) is 14.4 Å². The molecular weight excluding hydrogens is 288 g/mol. The molecule has 0 aliphatic heterocycles. The van der Waals surface area contributed by atoms with E-state index >= 15 is 0 Å². The van der Waals surface area contributed by atoms with Gasteiger partial charge in [-0.2, -0.15) is 0 Å². The third-order valence-corrected chi connectivity index (χ3v) is 2.89. The molecule has 0 heterocycles. The van der Waals surface area contributed by atoms with E-state index < -0.39 is 23.8 Å². The zero-order valence-corrected chi connectivity index (χ0v) is 12.4. The molecule has 0 spiro atoms. The number of rotatable bonds is 9. The summed E-state index contributed by atoms with van der Waals surface area (Å²) in [6, 6.07) is 8.45. The lowest BCUT2D eigenvalue weighted by molar-refractivity contribution is -0.141. The standard InChI is InChI=1S/C15H20N2O5/c1-21-14(19)8-7-12(15(16)20)17-13(18)10-22-9-11-5-3-2-4-6-11/h2-6,12H,7-10H2,1H3,(H2,16,20)(H,17,18)/t12-/m0/s1. The first-order valence-corrected chi connectivity index (χ1v) is 6.80. The van der Waals surface area contributed by atoms with Gasteiger partial charge < -0.3 is 20.5 Å². The first-order valence-electron chi connectivity index (χ1n) is 6.80. The van der Waals surface area contributed by atoms with Crippen LogP contribution < -0.4 is 11.1 Å². The van der Waals surface area contributed by atoms with Crippen molar-refractivity contribution in [1.82, 2.24) is 5.32 Å². The molecule has 22 heavy (non-hydrogen) atoms. The van der Waals surface area contributed by atoms with Crippen LogP contribution in [0.5, 0.6) is 0 Å². The summed E-state index contributed by atoms with van der Waals surface area (Å²) in [5.41, 5.74) is 6.12. The normalized spacial score (nSPS) is 11.5. The molecule has 2 amide bonds. The molecule has 0 aliphatic carbocycles. The van der Waals surface area contributed by atoms with Crippen LogP contribution in [0.25, 0.3) is 0 Å². The predicted molar refractivity (Wildman–Crippen MR) is 78.5 cm³/mol. The number of hydrogen-bond donors (Lipinski definition) is 2. The fourth-order valence-corrected chi connectivity index (χ4v) is 1.72. The summed E-state index contributed by atoms with van der Waals surface area (Å²) in [6.07, 6.45) is 0.0850. The summed E-state index contributed by atoms with van der Waals surface area (Å²) in [5.74, 6) is -1.65. The van der Waals surface area contributed by atoms with Gasteiger partial charge in [0.05, 0.1) is 13.7 Å². The molecule has 0 fully saturated rings. The topological polar surface area (TPSA) is 108 Å². The Kier molecular flexibility index (Phi) is 7.63. The summed E-state index contributed by atoms with van der Waals surface area (Å²) < 4.78 is 9.72. The van der Waals surface area contributed by atoms with Crippen LogP contribution in [0.2, 0.25) is 0 Å². The lowest BCUT2D eigenvalue weighted by Crippen LogP contribution is -2.46. The van der Waals surface area contributed by atoms with Crippen LogP contribution in [-0.2, 0) is 30.5 Å². The fourth-order valence-electron chi connectivity index (χ4n) is 1.72. The van der Waals surface area contributed by atoms with Gasteiger partial charge in [0.1, 0.15) is 12.6 Å². The minimum atomic E-state index is -0.924. The van der Waals surface area contributed by atoms with Crippen molar-refractivity contribution in [3.63, 3.8) is 0 Å². The zero-order chi connectivity index (χ0) is 16.4. The van der Waals surface area contributed by atoms with Crippen LogP contribution in [0, 0.1) is 0 Å². The van der Waals surface area contributed by atoms with Gasteiger partial charge in [0, 0.05) is 6.42 Å². The zero-order valence-electron chi connectivity index (χ0n) is 12.4. The summed E-state index contributed by atoms with van der Waals surface area (Å²) in [6.45, 7) is 0.0918. The molecule has 0 saturated carbocycles. The molecule has 1 atom stereocenters. The van der Waals surface area contributed by atoms with Crippen LogP contribution in [0.4, 0.5) is 0 Å². The summed E-state index contributed by atoms with van der Waals surface area (Å²) in [5, 5.41) is 2.44. The van der Waals surface area contributed by atoms with Crippen molar-refractivity contribution in [3.8, 4) is 0 Å². The fraction of sp³-hybridized carbons (Fsp3) is 0.400. The molecule has 1 rings (SSSR count). The van der Waals surface area contributed by atoms with E-state index in [2.05, 4.69) is 10.1 Å². The van der Waals surface area contributed by atoms with Crippen molar-refractivity contribution in [2.75, 3.05) is 13.7 Å². The maximum atomic E-state index is 11.7. The van der Waals surface area contributed by atoms with E-state index in [1.54, 1.807) is 0 Å². The number of amides is 2. The minimum absolute atomic E-state index is 0.00470. The van der Waals surface area contributed by atoms with E-state index in [4.69, 9.17) is 10.5 Å². The highest BCUT2D eigenvalue weighted by Crippen LogP contribution is 2.01. The van der Waals surface area contributed by atoms with Gasteiger partial charge in [0.25, 0.3) is 0 Å². The van der Waals surface area contributed by atoms with E-state index in [1.807, 2.05) is 30.3 Å². The predicted octanol–water partition coefficient (Wildman–Crippen LogP) is 0.126. The van der Waals surface area contributed by atoms with Crippen molar-refractivity contribution in [3.05, 3.63) is 35.9 Å². The molecule has 1 aromatic carbocycles. The van der Waals surface area contributed by atoms with Crippen molar-refractivity contribution in [1.29, 1.82) is 0 Å². The summed E-state index contributed by atoms with van der Waals surface area (Å²) in [4.78, 5) is 34.0. The molecule has 0 saturated heterocycles. The maximum Gasteiger partial charge on any atom is 0.305 e. The van der Waals surface area contributed by atoms with Crippen molar-refractivity contribution < 1.29 is 23.9 Å². The van der Waals surface area contributed by atoms with Gasteiger partial charge in [-0.1, -0.05) is 30.3 Å². The number of benzene rings is 1. The van der Waals surface area contributed by atoms with Gasteiger partial charge in [-0.15, -0.1) is 0 Å². The molecule has 7 heteroatoms. The second-order valence-corrected chi connectivity index (χ2v) is 4.62. The SMILES string of the molecule is COC(=O)CC[C@H](NC(=O)COCc1ccccc1)C(N)=O. The number of methoxy groups -OCH3 is 1. The van der Waals surface area contributed by atoms with Gasteiger partial charge >= 0.3 is 5.97 Å². The van der Waals surface area contributed by atoms with Crippen LogP contribution >= 0.6 is 0 Å². The number of carbonyl (C=O) groups is 3. The lowest BCUT2D eigenvalue weighted by atomic mass is 10.1. The second kappa shape index (κ2) is 9.51. The number of nitrogens with one attached hydrogen (secondary N) is 1. The molecule has 0 bridgehead atoms. The van der Waals surface area contributed by atoms with Crippen molar-refractivity contribution in [2.24, 2.45) is 5.73 Å². The Morgan fingerprint density at radius 2 is 1.91 bits per heavy atom. The van der Waals surface area contributed by atoms with E-state index in [9.17, 15) is 14.4 Å². The molecule has 0 aliphatic rings. The smallest absolute Gasteiger partial charge is 0.305 e. The third-order valence-electron chi connectivity index (χ3n) is 2.89. The Labute approximate surface area is 128 Å². The van der Waals surface area contributed by atoms with Crippen molar-refractivity contribution >= 4 is 17.8 Å². The molecule has 120 valence electrons. The van der Waals surface area contributed by atoms with Crippen LogP contribution in [0.15, 0.2) is 30.3 Å². The Balaban J connectivity index is 2.33. The summed E-state index contributed by atoms with van der Waals surface area (Å²) >= 11 is 0. The number of carbonyl (C=O) groups excluding carboxylic acids is 3. The summed E-state index contributed by atoms with van der Waals surface area (Å²) in [7, 11) is 1.25. The van der Waals surface area contributed by atoms with Crippen LogP contribution in [-0.4, -0.2) is 37.5 Å². The van der Waals surface area contributed by atoms with Gasteiger partial charge in [-0.25, -0.2) is 0 Å². The third kappa shape index (κ3) is 6.85. The molecule has 0 aromatic heterocycles. The monoisotopic (exact) mass is 308 g/mol. The minimum Gasteiger partial charge on any atom is -0.469 e. The lowest BCUT2D eigenvalue weighted by Gasteiger charge is -2.15. The van der Waals surface area contributed by atoms with E-state index in [0.717, 1.165) is 5.56 Å². The number of nitrogens with two attached hydrogens (primary N) is 1. The van der Waals surface area contributed by atoms with Crippen LogP contribution in [0.3, 0.4) is 0 Å². The highest BCUT2D eigenvalue weighted by molar-refractivity contribution is 5.87. The van der Waals surface area contributed by atoms with Gasteiger partial charge in [0.2, 0.25) is 11.8 Å². The van der Waals surface area contributed by atoms with Gasteiger partial charge in [0.15, 0.2) is 0 Å². The molecular formula is C15H20N2O5. The first-order chi connectivity index (χ1) is 10.5. The quantitative estimate of drug-likeness (QED) is 0.630. The number of hydrogen-bond acceptors (Lipinski definition) is 5. The maximum absolute atomic E-state index is 11.7. The number of primary amides is 1. The molecule has 7 nitrogen and oxygen atoms in total. The highest BCUT2D eigenvalue weighted by atomic mass is 16.5. The second-order valence-electron chi connectivity index (χ2n) is 4.62. The largest absolute Gasteiger partial charge is 0.469 e. The van der Waals surface area contributed by atoms with E-state index in [0.29, 0.717) is 0 Å². The van der Waals surface area contributed by atoms with E-state index in [1.165, 1.54) is 7.11 Å². The molecule has 1 aromatic rings. The first kappa shape index (κ1) is 17.6. The Hall–Kier alpha value is -2.41. The number of esters is 1. The average molecular weight is 308 g/mol.